The molecule has 0 saturated carbocycles. The van der Waals surface area contributed by atoms with Crippen LogP contribution >= 0.6 is 0 Å². The third-order valence-electron chi connectivity index (χ3n) is 3.78. The van der Waals surface area contributed by atoms with Crippen molar-refractivity contribution in [1.82, 2.24) is 23.4 Å². The third-order valence-corrected chi connectivity index (χ3v) is 5.23. The van der Waals surface area contributed by atoms with Crippen LogP contribution in [0.5, 0.6) is 0 Å². The summed E-state index contributed by atoms with van der Waals surface area (Å²) in [6, 6.07) is 4.65. The smallest absolute Gasteiger partial charge is 0.328 e. The molecule has 0 amide bonds. The molecule has 2 heterocycles. The lowest BCUT2D eigenvalue weighted by molar-refractivity contribution is 0.573. The monoisotopic (exact) mass is 335 g/mol. The highest BCUT2D eigenvalue weighted by atomic mass is 32.2. The number of nitrogens with one attached hydrogen (secondary N) is 1. The van der Waals surface area contributed by atoms with E-state index in [1.165, 1.54) is 21.3 Å². The summed E-state index contributed by atoms with van der Waals surface area (Å²) in [6.45, 7) is 0.746. The van der Waals surface area contributed by atoms with Gasteiger partial charge < -0.3 is 4.57 Å². The molecule has 0 fully saturated rings. The molecular weight excluding hydrogens is 318 g/mol. The molecule has 3 rings (SSSR count). The van der Waals surface area contributed by atoms with Crippen LogP contribution in [0.15, 0.2) is 46.6 Å². The van der Waals surface area contributed by atoms with Crippen LogP contribution in [0.4, 0.5) is 0 Å². The van der Waals surface area contributed by atoms with Crippen molar-refractivity contribution in [2.45, 2.75) is 11.4 Å². The van der Waals surface area contributed by atoms with Gasteiger partial charge in [-0.15, -0.1) is 0 Å². The third kappa shape index (κ3) is 2.80. The first kappa shape index (κ1) is 15.5. The van der Waals surface area contributed by atoms with E-state index in [0.717, 1.165) is 0 Å². The predicted molar refractivity (Wildman–Crippen MR) is 85.6 cm³/mol. The van der Waals surface area contributed by atoms with Crippen LogP contribution in [0, 0.1) is 0 Å². The van der Waals surface area contributed by atoms with Crippen LogP contribution in [-0.2, 0) is 30.7 Å². The minimum atomic E-state index is -3.63. The summed E-state index contributed by atoms with van der Waals surface area (Å²) in [4.78, 5) is 15.9. The van der Waals surface area contributed by atoms with Crippen molar-refractivity contribution in [3.63, 3.8) is 0 Å². The molecule has 0 aliphatic heterocycles. The molecule has 1 aromatic carbocycles. The van der Waals surface area contributed by atoms with E-state index in [0.29, 0.717) is 17.6 Å². The summed E-state index contributed by atoms with van der Waals surface area (Å²) in [5.41, 5.74) is 1.08. The molecule has 122 valence electrons. The van der Waals surface area contributed by atoms with Gasteiger partial charge in [0.1, 0.15) is 0 Å². The van der Waals surface area contributed by atoms with Crippen LogP contribution < -0.4 is 10.4 Å². The van der Waals surface area contributed by atoms with E-state index in [9.17, 15) is 13.2 Å². The number of hydrogen-bond acceptors (Lipinski definition) is 4. The van der Waals surface area contributed by atoms with Gasteiger partial charge >= 0.3 is 5.69 Å². The first-order chi connectivity index (χ1) is 10.9. The van der Waals surface area contributed by atoms with E-state index in [1.54, 1.807) is 43.4 Å². The van der Waals surface area contributed by atoms with Crippen molar-refractivity contribution < 1.29 is 8.42 Å². The molecule has 0 atom stereocenters. The normalized spacial score (nSPS) is 12.1. The molecule has 1 N–H and O–H groups in total. The summed E-state index contributed by atoms with van der Waals surface area (Å²) in [6.07, 6.45) is 5.03. The van der Waals surface area contributed by atoms with Gasteiger partial charge in [0, 0.05) is 39.6 Å². The molecule has 0 radical (unpaired) electrons. The zero-order valence-corrected chi connectivity index (χ0v) is 13.6. The number of hydrogen-bond donors (Lipinski definition) is 1. The SMILES string of the molecule is Cn1c(=O)n(C)c2cc(S(=O)(=O)NCCn3ccnc3)ccc21. The van der Waals surface area contributed by atoms with Gasteiger partial charge in [0.25, 0.3) is 0 Å². The number of benzene rings is 1. The first-order valence-corrected chi connectivity index (χ1v) is 8.49. The van der Waals surface area contributed by atoms with E-state index >= 15 is 0 Å². The highest BCUT2D eigenvalue weighted by molar-refractivity contribution is 7.89. The van der Waals surface area contributed by atoms with Crippen LogP contribution in [-0.4, -0.2) is 33.6 Å². The lowest BCUT2D eigenvalue weighted by Gasteiger charge is -2.08. The van der Waals surface area contributed by atoms with Gasteiger partial charge in [-0.3, -0.25) is 9.13 Å². The van der Waals surface area contributed by atoms with Gasteiger partial charge in [-0.05, 0) is 18.2 Å². The van der Waals surface area contributed by atoms with Crippen LogP contribution in [0.1, 0.15) is 0 Å². The Labute approximate surface area is 133 Å². The number of sulfonamides is 1. The number of aromatic nitrogens is 4. The Morgan fingerprint density at radius 3 is 2.61 bits per heavy atom. The summed E-state index contributed by atoms with van der Waals surface area (Å²) in [7, 11) is -0.360. The van der Waals surface area contributed by atoms with Gasteiger partial charge in [0.2, 0.25) is 10.0 Å². The number of aryl methyl sites for hydroxylation is 2. The van der Waals surface area contributed by atoms with Crippen LogP contribution in [0.2, 0.25) is 0 Å². The molecule has 9 heteroatoms. The number of rotatable bonds is 5. The minimum Gasteiger partial charge on any atom is -0.336 e. The maximum Gasteiger partial charge on any atom is 0.328 e. The Bertz CT molecular complexity index is 999. The molecule has 8 nitrogen and oxygen atoms in total. The van der Waals surface area contributed by atoms with Gasteiger partial charge in [-0.25, -0.2) is 22.9 Å². The van der Waals surface area contributed by atoms with Crippen LogP contribution in [0.3, 0.4) is 0 Å². The first-order valence-electron chi connectivity index (χ1n) is 7.01. The predicted octanol–water partition coefficient (Wildman–Crippen LogP) is 0.0520. The Hall–Kier alpha value is -2.39. The molecule has 0 spiro atoms. The lowest BCUT2D eigenvalue weighted by Crippen LogP contribution is -2.27. The van der Waals surface area contributed by atoms with Crippen molar-refractivity contribution in [2.75, 3.05) is 6.54 Å². The van der Waals surface area contributed by atoms with Gasteiger partial charge in [-0.2, -0.15) is 0 Å². The molecule has 23 heavy (non-hydrogen) atoms. The van der Waals surface area contributed by atoms with E-state index < -0.39 is 10.0 Å². The topological polar surface area (TPSA) is 90.9 Å². The molecule has 0 aliphatic rings. The summed E-state index contributed by atoms with van der Waals surface area (Å²) in [5.74, 6) is 0. The Balaban J connectivity index is 1.86. The fraction of sp³-hybridized carbons (Fsp3) is 0.286. The molecule has 0 aliphatic carbocycles. The van der Waals surface area contributed by atoms with Gasteiger partial charge in [0.05, 0.1) is 22.3 Å². The summed E-state index contributed by atoms with van der Waals surface area (Å²) < 4.78 is 32.0. The standard InChI is InChI=1S/C14H17N5O3S/c1-17-12-4-3-11(9-13(12)18(2)14(17)20)23(21,22)16-6-8-19-7-5-15-10-19/h3-5,7,9-10,16H,6,8H2,1-2H3. The van der Waals surface area contributed by atoms with E-state index in [-0.39, 0.29) is 17.1 Å². The molecule has 0 saturated heterocycles. The molecule has 0 bridgehead atoms. The Morgan fingerprint density at radius 2 is 1.91 bits per heavy atom. The second kappa shape index (κ2) is 5.67. The van der Waals surface area contributed by atoms with Gasteiger partial charge in [-0.1, -0.05) is 0 Å². The highest BCUT2D eigenvalue weighted by Crippen LogP contribution is 2.17. The maximum atomic E-state index is 12.4. The molecule has 3 aromatic rings. The number of imidazole rings is 2. The number of fused-ring (bicyclic) bond motifs is 1. The van der Waals surface area contributed by atoms with Crippen LogP contribution in [0.25, 0.3) is 11.0 Å². The second-order valence-corrected chi connectivity index (χ2v) is 7.02. The zero-order chi connectivity index (χ0) is 16.6. The average molecular weight is 335 g/mol. The zero-order valence-electron chi connectivity index (χ0n) is 12.8. The highest BCUT2D eigenvalue weighted by Gasteiger charge is 2.16. The maximum absolute atomic E-state index is 12.4. The van der Waals surface area contributed by atoms with E-state index in [4.69, 9.17) is 0 Å². The lowest BCUT2D eigenvalue weighted by atomic mass is 10.3. The van der Waals surface area contributed by atoms with Gasteiger partial charge in [0.15, 0.2) is 0 Å². The summed E-state index contributed by atoms with van der Waals surface area (Å²) in [5, 5.41) is 0. The second-order valence-electron chi connectivity index (χ2n) is 5.25. The van der Waals surface area contributed by atoms with Crippen molar-refractivity contribution >= 4 is 21.1 Å². The average Bonchev–Trinajstić information content (AvgIpc) is 3.11. The Kier molecular flexibility index (Phi) is 3.82. The van der Waals surface area contributed by atoms with Crippen molar-refractivity contribution in [1.29, 1.82) is 0 Å². The number of nitrogens with zero attached hydrogens (tertiary/aromatic N) is 4. The van der Waals surface area contributed by atoms with Crippen molar-refractivity contribution in [2.24, 2.45) is 14.1 Å². The summed E-state index contributed by atoms with van der Waals surface area (Å²) >= 11 is 0. The van der Waals surface area contributed by atoms with E-state index in [2.05, 4.69) is 9.71 Å². The quantitative estimate of drug-likeness (QED) is 0.713. The fourth-order valence-corrected chi connectivity index (χ4v) is 3.51. The fourth-order valence-electron chi connectivity index (χ4n) is 2.47. The van der Waals surface area contributed by atoms with Crippen molar-refractivity contribution in [3.8, 4) is 0 Å². The minimum absolute atomic E-state index is 0.136. The largest absolute Gasteiger partial charge is 0.336 e. The van der Waals surface area contributed by atoms with Crippen molar-refractivity contribution in [3.05, 3.63) is 47.4 Å². The van der Waals surface area contributed by atoms with E-state index in [1.807, 2.05) is 0 Å². The molecular formula is C14H17N5O3S. The Morgan fingerprint density at radius 1 is 1.17 bits per heavy atom. The molecule has 2 aromatic heterocycles. The molecule has 0 unspecified atom stereocenters.